The number of nitriles is 1. The van der Waals surface area contributed by atoms with E-state index in [2.05, 4.69) is 20.1 Å². The molecule has 0 aliphatic heterocycles. The summed E-state index contributed by atoms with van der Waals surface area (Å²) < 4.78 is 86.1. The lowest BCUT2D eigenvalue weighted by Gasteiger charge is -2.22. The Kier molecular flexibility index (Phi) is 8.81. The van der Waals surface area contributed by atoms with Gasteiger partial charge in [0.15, 0.2) is 0 Å². The minimum Gasteiger partial charge on any atom is -0.383 e. The first kappa shape index (κ1) is 30.1. The van der Waals surface area contributed by atoms with Gasteiger partial charge in [0.25, 0.3) is 11.1 Å². The van der Waals surface area contributed by atoms with E-state index in [-0.39, 0.29) is 47.4 Å². The van der Waals surface area contributed by atoms with Crippen molar-refractivity contribution < 1.29 is 31.1 Å². The first-order valence-corrected chi connectivity index (χ1v) is 12.2. The largest absolute Gasteiger partial charge is 0.423 e. The highest BCUT2D eigenvalue weighted by Crippen LogP contribution is 2.32. The van der Waals surface area contributed by atoms with Gasteiger partial charge in [-0.3, -0.25) is 9.59 Å². The minimum absolute atomic E-state index is 0.00152. The Hall–Kier alpha value is -4.91. The van der Waals surface area contributed by atoms with Crippen LogP contribution in [-0.4, -0.2) is 39.0 Å². The molecule has 1 aromatic carbocycles. The molecule has 4 rings (SSSR count). The fourth-order valence-electron chi connectivity index (χ4n) is 4.30. The van der Waals surface area contributed by atoms with Crippen molar-refractivity contribution in [3.8, 4) is 17.3 Å². The highest BCUT2D eigenvalue weighted by atomic mass is 19.4. The van der Waals surface area contributed by atoms with Crippen LogP contribution in [0.25, 0.3) is 22.0 Å². The van der Waals surface area contributed by atoms with Gasteiger partial charge in [0.2, 0.25) is 0 Å². The van der Waals surface area contributed by atoms with Crippen LogP contribution in [0, 0.1) is 17.1 Å². The molecule has 42 heavy (non-hydrogen) atoms. The average molecular weight is 593 g/mol. The minimum atomic E-state index is -5.05. The smallest absolute Gasteiger partial charge is 0.383 e. The summed E-state index contributed by atoms with van der Waals surface area (Å²) in [6.07, 6.45) is -2.88. The third-order valence-electron chi connectivity index (χ3n) is 6.26. The van der Waals surface area contributed by atoms with Gasteiger partial charge >= 0.3 is 12.8 Å². The van der Waals surface area contributed by atoms with Crippen LogP contribution in [-0.2, 0) is 17.5 Å². The van der Waals surface area contributed by atoms with Gasteiger partial charge in [-0.1, -0.05) is 0 Å². The maximum atomic E-state index is 15.0. The van der Waals surface area contributed by atoms with E-state index >= 15 is 4.39 Å². The summed E-state index contributed by atoms with van der Waals surface area (Å²) in [6, 6.07) is 7.52. The number of pyridine rings is 2. The van der Waals surface area contributed by atoms with Gasteiger partial charge in [0, 0.05) is 24.3 Å². The lowest BCUT2D eigenvalue weighted by atomic mass is 10.0. The molecular weight excluding hydrogens is 572 g/mol. The van der Waals surface area contributed by atoms with Gasteiger partial charge < -0.3 is 20.4 Å². The summed E-state index contributed by atoms with van der Waals surface area (Å²) in [7, 11) is 0. The zero-order valence-electron chi connectivity index (χ0n) is 21.4. The number of nitrogens with zero attached hydrogens (tertiary/aromatic N) is 4. The maximum absolute atomic E-state index is 15.0. The molecule has 0 saturated heterocycles. The van der Waals surface area contributed by atoms with Crippen LogP contribution in [0.1, 0.15) is 24.0 Å². The van der Waals surface area contributed by atoms with E-state index in [0.29, 0.717) is 11.6 Å². The Bertz CT molecular complexity index is 1770. The number of halogens is 6. The van der Waals surface area contributed by atoms with Crippen molar-refractivity contribution in [2.45, 2.75) is 38.2 Å². The van der Waals surface area contributed by atoms with E-state index in [0.717, 1.165) is 6.07 Å². The molecule has 1 atom stereocenters. The molecule has 0 bridgehead atoms. The van der Waals surface area contributed by atoms with Crippen molar-refractivity contribution in [2.24, 2.45) is 0 Å². The lowest BCUT2D eigenvalue weighted by Crippen LogP contribution is -2.32. The lowest BCUT2D eigenvalue weighted by molar-refractivity contribution is -0.138. The van der Waals surface area contributed by atoms with E-state index in [1.807, 2.05) is 6.07 Å². The molecule has 0 aliphatic carbocycles. The second-order valence-corrected chi connectivity index (χ2v) is 9.04. The Morgan fingerprint density at radius 2 is 1.95 bits per heavy atom. The van der Waals surface area contributed by atoms with Crippen LogP contribution < -0.4 is 22.2 Å². The van der Waals surface area contributed by atoms with Gasteiger partial charge in [-0.25, -0.2) is 14.5 Å². The standard InChI is InChI=1S/C26H21F6N7O3/c27-18-9-16-13(8-17(18)19-4-3-14(10-33)22(34)37-19)5-7-39(24(16)41)6-1-2-15(12-42-25(28)29)36-20-11-35-38-23(40)21(20)26(30,31)32/h3-5,7-9,11,15,25H,1-2,6,12H2,(H2,34,37)(H2,36,38,40)/t15-/m1/s1. The molecular formula is C26H21F6N7O3. The molecule has 10 nitrogen and oxygen atoms in total. The summed E-state index contributed by atoms with van der Waals surface area (Å²) in [5.74, 6) is -0.851. The SMILES string of the molecule is N#Cc1ccc(-c2cc3ccn(CCC[C@H](COC(F)F)Nc4cn[nH]c(=O)c4C(F)(F)F)c(=O)c3cc2F)nc1N. The number of hydrogen-bond acceptors (Lipinski definition) is 8. The van der Waals surface area contributed by atoms with Crippen LogP contribution in [0.5, 0.6) is 0 Å². The van der Waals surface area contributed by atoms with E-state index in [1.165, 1.54) is 29.0 Å². The molecule has 0 spiro atoms. The van der Waals surface area contributed by atoms with E-state index in [1.54, 1.807) is 11.2 Å². The number of anilines is 2. The molecule has 0 unspecified atom stereocenters. The van der Waals surface area contributed by atoms with E-state index in [9.17, 15) is 31.5 Å². The first-order chi connectivity index (χ1) is 19.9. The molecule has 16 heteroatoms. The number of hydrogen-bond donors (Lipinski definition) is 3. The van der Waals surface area contributed by atoms with Crippen LogP contribution in [0.2, 0.25) is 0 Å². The number of rotatable bonds is 10. The molecule has 0 saturated carbocycles. The zero-order chi connectivity index (χ0) is 30.6. The quantitative estimate of drug-likeness (QED) is 0.231. The highest BCUT2D eigenvalue weighted by Gasteiger charge is 2.37. The van der Waals surface area contributed by atoms with Crippen LogP contribution >= 0.6 is 0 Å². The Balaban J connectivity index is 1.54. The Morgan fingerprint density at radius 1 is 1.19 bits per heavy atom. The van der Waals surface area contributed by atoms with Gasteiger partial charge in [-0.15, -0.1) is 0 Å². The second-order valence-electron chi connectivity index (χ2n) is 9.04. The van der Waals surface area contributed by atoms with Crippen molar-refractivity contribution in [1.29, 1.82) is 5.26 Å². The van der Waals surface area contributed by atoms with Crippen molar-refractivity contribution in [3.63, 3.8) is 0 Å². The van der Waals surface area contributed by atoms with Crippen molar-refractivity contribution in [1.82, 2.24) is 19.7 Å². The third-order valence-corrected chi connectivity index (χ3v) is 6.26. The number of aromatic amines is 1. The molecule has 3 aromatic heterocycles. The summed E-state index contributed by atoms with van der Waals surface area (Å²) in [4.78, 5) is 28.8. The van der Waals surface area contributed by atoms with E-state index < -0.39 is 53.6 Å². The number of nitrogen functional groups attached to an aromatic ring is 1. The fraction of sp³-hybridized carbons (Fsp3) is 0.269. The number of aromatic nitrogens is 4. The Labute approximate surface area is 232 Å². The maximum Gasteiger partial charge on any atom is 0.423 e. The van der Waals surface area contributed by atoms with Gasteiger partial charge in [0.1, 0.15) is 23.3 Å². The average Bonchev–Trinajstić information content (AvgIpc) is 2.92. The number of aryl methyl sites for hydroxylation is 1. The first-order valence-electron chi connectivity index (χ1n) is 12.2. The molecule has 0 aliphatic rings. The number of nitrogens with one attached hydrogen (secondary N) is 2. The van der Waals surface area contributed by atoms with Crippen LogP contribution in [0.4, 0.5) is 37.8 Å². The van der Waals surface area contributed by atoms with E-state index in [4.69, 9.17) is 11.0 Å². The molecule has 0 radical (unpaired) electrons. The molecule has 4 aromatic rings. The molecule has 0 fully saturated rings. The summed E-state index contributed by atoms with van der Waals surface area (Å²) in [6.45, 7) is -3.91. The monoisotopic (exact) mass is 593 g/mol. The summed E-state index contributed by atoms with van der Waals surface area (Å²) in [5, 5.41) is 16.8. The molecule has 3 heterocycles. The van der Waals surface area contributed by atoms with Gasteiger partial charge in [-0.05, 0) is 48.6 Å². The third kappa shape index (κ3) is 6.69. The normalized spacial score (nSPS) is 12.4. The van der Waals surface area contributed by atoms with Crippen molar-refractivity contribution in [2.75, 3.05) is 17.7 Å². The summed E-state index contributed by atoms with van der Waals surface area (Å²) in [5.41, 5.74) is 1.67. The number of fused-ring (bicyclic) bond motifs is 1. The number of nitrogens with two attached hydrogens (primary N) is 1. The summed E-state index contributed by atoms with van der Waals surface area (Å²) >= 11 is 0. The number of H-pyrrole nitrogens is 1. The fourth-order valence-corrected chi connectivity index (χ4v) is 4.30. The Morgan fingerprint density at radius 3 is 2.62 bits per heavy atom. The van der Waals surface area contributed by atoms with Gasteiger partial charge in [-0.2, -0.15) is 32.3 Å². The van der Waals surface area contributed by atoms with Crippen molar-refractivity contribution >= 4 is 22.3 Å². The van der Waals surface area contributed by atoms with Gasteiger partial charge in [0.05, 0.1) is 35.1 Å². The predicted molar refractivity (Wildman–Crippen MR) is 139 cm³/mol. The molecule has 0 amide bonds. The second kappa shape index (κ2) is 12.3. The van der Waals surface area contributed by atoms with Crippen LogP contribution in [0.15, 0.2) is 52.3 Å². The highest BCUT2D eigenvalue weighted by molar-refractivity contribution is 5.86. The number of benzene rings is 1. The topological polar surface area (TPSA) is 152 Å². The molecule has 220 valence electrons. The molecule has 4 N–H and O–H groups in total. The number of ether oxygens (including phenoxy) is 1. The zero-order valence-corrected chi connectivity index (χ0v) is 21.4. The number of alkyl halides is 5. The van der Waals surface area contributed by atoms with Crippen molar-refractivity contribution in [3.05, 3.63) is 80.4 Å². The predicted octanol–water partition coefficient (Wildman–Crippen LogP) is 4.26. The van der Waals surface area contributed by atoms with Crippen LogP contribution in [0.3, 0.4) is 0 Å².